The topological polar surface area (TPSA) is 53.9 Å². The number of ether oxygens (including phenoxy) is 1. The highest BCUT2D eigenvalue weighted by molar-refractivity contribution is 5.83. The van der Waals surface area contributed by atoms with Crippen LogP contribution in [-0.4, -0.2) is 31.8 Å². The molecule has 0 fully saturated rings. The second-order valence-electron chi connectivity index (χ2n) is 6.72. The molecule has 0 aromatic heterocycles. The van der Waals surface area contributed by atoms with Gasteiger partial charge in [0.05, 0.1) is 6.21 Å². The SMILES string of the molecule is CCC(C)c1ccc(OCC(=O)N/N=C\c2ccc(N(CC)CC)cc2)cc1. The van der Waals surface area contributed by atoms with Gasteiger partial charge in [-0.2, -0.15) is 5.10 Å². The maximum atomic E-state index is 11.9. The first-order chi connectivity index (χ1) is 13.6. The molecule has 1 unspecified atom stereocenters. The summed E-state index contributed by atoms with van der Waals surface area (Å²) < 4.78 is 5.51. The van der Waals surface area contributed by atoms with Gasteiger partial charge < -0.3 is 9.64 Å². The molecule has 5 heteroatoms. The van der Waals surface area contributed by atoms with Gasteiger partial charge in [-0.1, -0.05) is 38.1 Å². The van der Waals surface area contributed by atoms with E-state index in [0.717, 1.165) is 25.1 Å². The lowest BCUT2D eigenvalue weighted by molar-refractivity contribution is -0.123. The van der Waals surface area contributed by atoms with Crippen molar-refractivity contribution in [1.82, 2.24) is 5.43 Å². The number of nitrogens with zero attached hydrogens (tertiary/aromatic N) is 2. The lowest BCUT2D eigenvalue weighted by Crippen LogP contribution is -2.24. The number of carbonyl (C=O) groups excluding carboxylic acids is 1. The minimum atomic E-state index is -0.290. The van der Waals surface area contributed by atoms with Crippen LogP contribution in [-0.2, 0) is 4.79 Å². The molecule has 0 saturated carbocycles. The summed E-state index contributed by atoms with van der Waals surface area (Å²) in [5.41, 5.74) is 5.88. The Bertz CT molecular complexity index is 750. The molecule has 1 atom stereocenters. The minimum Gasteiger partial charge on any atom is -0.484 e. The van der Waals surface area contributed by atoms with Crippen LogP contribution in [0.2, 0.25) is 0 Å². The van der Waals surface area contributed by atoms with Crippen molar-refractivity contribution in [3.8, 4) is 5.75 Å². The van der Waals surface area contributed by atoms with Gasteiger partial charge >= 0.3 is 0 Å². The van der Waals surface area contributed by atoms with Gasteiger partial charge in [-0.15, -0.1) is 0 Å². The largest absolute Gasteiger partial charge is 0.484 e. The number of hydrogen-bond donors (Lipinski definition) is 1. The van der Waals surface area contributed by atoms with Crippen molar-refractivity contribution >= 4 is 17.8 Å². The number of nitrogens with one attached hydrogen (secondary N) is 1. The first kappa shape index (κ1) is 21.5. The Morgan fingerprint density at radius 2 is 1.71 bits per heavy atom. The maximum absolute atomic E-state index is 11.9. The molecule has 1 amide bonds. The second kappa shape index (κ2) is 11.1. The van der Waals surface area contributed by atoms with E-state index in [0.29, 0.717) is 11.7 Å². The van der Waals surface area contributed by atoms with Crippen molar-refractivity contribution in [3.05, 3.63) is 59.7 Å². The molecule has 2 rings (SSSR count). The minimum absolute atomic E-state index is 0.0685. The average Bonchev–Trinajstić information content (AvgIpc) is 2.74. The number of anilines is 1. The van der Waals surface area contributed by atoms with Crippen molar-refractivity contribution in [2.24, 2.45) is 5.10 Å². The molecule has 5 nitrogen and oxygen atoms in total. The Morgan fingerprint density at radius 1 is 1.07 bits per heavy atom. The first-order valence-electron chi connectivity index (χ1n) is 9.97. The zero-order valence-corrected chi connectivity index (χ0v) is 17.3. The van der Waals surface area contributed by atoms with Gasteiger partial charge in [0, 0.05) is 18.8 Å². The molecular formula is C23H31N3O2. The van der Waals surface area contributed by atoms with Crippen LogP contribution in [0.5, 0.6) is 5.75 Å². The quantitative estimate of drug-likeness (QED) is 0.484. The molecule has 0 saturated heterocycles. The standard InChI is InChI=1S/C23H31N3O2/c1-5-18(4)20-10-14-22(15-11-20)28-17-23(27)25-24-16-19-8-12-21(13-9-19)26(6-2)7-3/h8-16,18H,5-7,17H2,1-4H3,(H,25,27)/b24-16-. The smallest absolute Gasteiger partial charge is 0.277 e. The summed E-state index contributed by atoms with van der Waals surface area (Å²) in [4.78, 5) is 14.2. The van der Waals surface area contributed by atoms with Gasteiger partial charge in [-0.3, -0.25) is 4.79 Å². The monoisotopic (exact) mass is 381 g/mol. The predicted molar refractivity (Wildman–Crippen MR) is 116 cm³/mol. The maximum Gasteiger partial charge on any atom is 0.277 e. The molecule has 0 bridgehead atoms. The third-order valence-corrected chi connectivity index (χ3v) is 4.86. The Hall–Kier alpha value is -2.82. The van der Waals surface area contributed by atoms with Crippen LogP contribution in [0.3, 0.4) is 0 Å². The molecule has 0 radical (unpaired) electrons. The van der Waals surface area contributed by atoms with Crippen LogP contribution < -0.4 is 15.1 Å². The lowest BCUT2D eigenvalue weighted by atomic mass is 9.99. The zero-order chi connectivity index (χ0) is 20.4. The molecule has 0 aliphatic rings. The van der Waals surface area contributed by atoms with E-state index in [2.05, 4.69) is 55.3 Å². The van der Waals surface area contributed by atoms with Gasteiger partial charge in [-0.05, 0) is 61.6 Å². The van der Waals surface area contributed by atoms with Crippen LogP contribution >= 0.6 is 0 Å². The number of amides is 1. The average molecular weight is 382 g/mol. The van der Waals surface area contributed by atoms with E-state index in [1.54, 1.807) is 6.21 Å². The summed E-state index contributed by atoms with van der Waals surface area (Å²) >= 11 is 0. The highest BCUT2D eigenvalue weighted by Gasteiger charge is 2.05. The van der Waals surface area contributed by atoms with Gasteiger partial charge in [0.1, 0.15) is 5.75 Å². The number of carbonyl (C=O) groups is 1. The van der Waals surface area contributed by atoms with Crippen molar-refractivity contribution in [2.45, 2.75) is 40.0 Å². The van der Waals surface area contributed by atoms with E-state index in [9.17, 15) is 4.79 Å². The van der Waals surface area contributed by atoms with Gasteiger partial charge in [0.15, 0.2) is 6.61 Å². The lowest BCUT2D eigenvalue weighted by Gasteiger charge is -2.20. The van der Waals surface area contributed by atoms with Crippen LogP contribution in [0.4, 0.5) is 5.69 Å². The summed E-state index contributed by atoms with van der Waals surface area (Å²) in [6.07, 6.45) is 2.73. The number of hydrogen-bond acceptors (Lipinski definition) is 4. The summed E-state index contributed by atoms with van der Waals surface area (Å²) in [6.45, 7) is 10.5. The summed E-state index contributed by atoms with van der Waals surface area (Å²) in [6, 6.07) is 16.0. The Balaban J connectivity index is 1.79. The van der Waals surface area contributed by atoms with E-state index in [1.165, 1.54) is 11.3 Å². The van der Waals surface area contributed by atoms with E-state index in [-0.39, 0.29) is 12.5 Å². The fourth-order valence-corrected chi connectivity index (χ4v) is 2.85. The highest BCUT2D eigenvalue weighted by atomic mass is 16.5. The molecule has 0 aliphatic carbocycles. The Morgan fingerprint density at radius 3 is 2.29 bits per heavy atom. The molecule has 0 spiro atoms. The van der Waals surface area contributed by atoms with Crippen molar-refractivity contribution < 1.29 is 9.53 Å². The molecule has 2 aromatic rings. The number of rotatable bonds is 10. The van der Waals surface area contributed by atoms with E-state index < -0.39 is 0 Å². The second-order valence-corrected chi connectivity index (χ2v) is 6.72. The predicted octanol–water partition coefficient (Wildman–Crippen LogP) is 4.58. The summed E-state index contributed by atoms with van der Waals surface area (Å²) in [5, 5.41) is 4.00. The van der Waals surface area contributed by atoms with E-state index >= 15 is 0 Å². The van der Waals surface area contributed by atoms with Gasteiger partial charge in [-0.25, -0.2) is 5.43 Å². The normalized spacial score (nSPS) is 12.0. The number of benzene rings is 2. The third-order valence-electron chi connectivity index (χ3n) is 4.86. The Kier molecular flexibility index (Phi) is 8.53. The fraction of sp³-hybridized carbons (Fsp3) is 0.391. The summed E-state index contributed by atoms with van der Waals surface area (Å²) in [7, 11) is 0. The molecular weight excluding hydrogens is 350 g/mol. The molecule has 2 aromatic carbocycles. The molecule has 0 aliphatic heterocycles. The van der Waals surface area contributed by atoms with Crippen molar-refractivity contribution in [2.75, 3.05) is 24.6 Å². The molecule has 150 valence electrons. The van der Waals surface area contributed by atoms with Gasteiger partial charge in [0.25, 0.3) is 5.91 Å². The van der Waals surface area contributed by atoms with Crippen molar-refractivity contribution in [3.63, 3.8) is 0 Å². The van der Waals surface area contributed by atoms with Crippen LogP contribution in [0, 0.1) is 0 Å². The highest BCUT2D eigenvalue weighted by Crippen LogP contribution is 2.21. The first-order valence-corrected chi connectivity index (χ1v) is 9.97. The van der Waals surface area contributed by atoms with Crippen LogP contribution in [0.1, 0.15) is 51.2 Å². The van der Waals surface area contributed by atoms with E-state index in [4.69, 9.17) is 4.74 Å². The fourth-order valence-electron chi connectivity index (χ4n) is 2.85. The van der Waals surface area contributed by atoms with Crippen LogP contribution in [0.25, 0.3) is 0 Å². The number of hydrazone groups is 1. The molecule has 28 heavy (non-hydrogen) atoms. The Labute approximate surface area is 168 Å². The zero-order valence-electron chi connectivity index (χ0n) is 17.3. The molecule has 1 N–H and O–H groups in total. The van der Waals surface area contributed by atoms with E-state index in [1.807, 2.05) is 36.4 Å². The third kappa shape index (κ3) is 6.41. The summed E-state index contributed by atoms with van der Waals surface area (Å²) in [5.74, 6) is 0.910. The van der Waals surface area contributed by atoms with Crippen molar-refractivity contribution in [1.29, 1.82) is 0 Å². The van der Waals surface area contributed by atoms with Gasteiger partial charge in [0.2, 0.25) is 0 Å². The molecule has 0 heterocycles. The van der Waals surface area contributed by atoms with Crippen LogP contribution in [0.15, 0.2) is 53.6 Å².